The largest absolute Gasteiger partial charge is 0.339 e. The summed E-state index contributed by atoms with van der Waals surface area (Å²) in [6.07, 6.45) is 2.07. The van der Waals surface area contributed by atoms with Gasteiger partial charge in [0.1, 0.15) is 5.82 Å². The van der Waals surface area contributed by atoms with Gasteiger partial charge in [0.2, 0.25) is 5.91 Å². The zero-order chi connectivity index (χ0) is 19.7. The zero-order valence-electron chi connectivity index (χ0n) is 16.3. The summed E-state index contributed by atoms with van der Waals surface area (Å²) in [6, 6.07) is 6.94. The van der Waals surface area contributed by atoms with Gasteiger partial charge in [-0.15, -0.1) is 10.2 Å². The third-order valence-corrected chi connectivity index (χ3v) is 6.50. The lowest BCUT2D eigenvalue weighted by Crippen LogP contribution is -2.50. The predicted octanol–water partition coefficient (Wildman–Crippen LogP) is 3.06. The predicted molar refractivity (Wildman–Crippen MR) is 108 cm³/mol. The molecule has 2 heterocycles. The van der Waals surface area contributed by atoms with Crippen LogP contribution in [0.25, 0.3) is 11.4 Å². The maximum atomic E-state index is 14.3. The number of nitrogens with zero attached hydrogens (tertiary/aromatic N) is 5. The maximum absolute atomic E-state index is 14.3. The van der Waals surface area contributed by atoms with E-state index in [0.29, 0.717) is 22.6 Å². The summed E-state index contributed by atoms with van der Waals surface area (Å²) in [4.78, 5) is 17.2. The minimum Gasteiger partial charge on any atom is -0.339 e. The molecule has 150 valence electrons. The van der Waals surface area contributed by atoms with Crippen molar-refractivity contribution in [3.05, 3.63) is 30.1 Å². The second-order valence-electron chi connectivity index (χ2n) is 7.41. The van der Waals surface area contributed by atoms with Gasteiger partial charge in [0, 0.05) is 32.2 Å². The van der Waals surface area contributed by atoms with Crippen LogP contribution in [-0.2, 0) is 4.79 Å². The molecule has 1 saturated heterocycles. The molecule has 6 nitrogen and oxygen atoms in total. The van der Waals surface area contributed by atoms with Gasteiger partial charge in [-0.3, -0.25) is 9.36 Å². The molecule has 2 aromatic rings. The highest BCUT2D eigenvalue weighted by molar-refractivity contribution is 8.00. The normalized spacial score (nSPS) is 19.0. The van der Waals surface area contributed by atoms with Gasteiger partial charge in [-0.25, -0.2) is 4.39 Å². The van der Waals surface area contributed by atoms with E-state index < -0.39 is 0 Å². The Morgan fingerprint density at radius 3 is 2.57 bits per heavy atom. The molecule has 0 spiro atoms. The number of benzene rings is 1. The van der Waals surface area contributed by atoms with Gasteiger partial charge < -0.3 is 9.80 Å². The minimum absolute atomic E-state index is 0.138. The van der Waals surface area contributed by atoms with Crippen molar-refractivity contribution in [3.8, 4) is 11.4 Å². The molecule has 1 aromatic heterocycles. The first-order chi connectivity index (χ1) is 13.6. The van der Waals surface area contributed by atoms with Crippen molar-refractivity contribution in [2.24, 2.45) is 0 Å². The van der Waals surface area contributed by atoms with Crippen LogP contribution in [0.4, 0.5) is 4.39 Å². The Morgan fingerprint density at radius 2 is 1.93 bits per heavy atom. The fourth-order valence-electron chi connectivity index (χ4n) is 3.60. The first kappa shape index (κ1) is 19.4. The third-order valence-electron chi connectivity index (χ3n) is 5.45. The summed E-state index contributed by atoms with van der Waals surface area (Å²) in [5.41, 5.74) is 0.461. The van der Waals surface area contributed by atoms with Gasteiger partial charge in [-0.1, -0.05) is 30.8 Å². The fraction of sp³-hybridized carbons (Fsp3) is 0.550. The number of likely N-dealkylation sites (N-methyl/N-ethyl adjacent to an activating group) is 1. The quantitative estimate of drug-likeness (QED) is 0.694. The summed E-state index contributed by atoms with van der Waals surface area (Å²) >= 11 is 1.43. The van der Waals surface area contributed by atoms with Crippen LogP contribution in [-0.4, -0.2) is 68.4 Å². The van der Waals surface area contributed by atoms with Gasteiger partial charge >= 0.3 is 0 Å². The van der Waals surface area contributed by atoms with Crippen molar-refractivity contribution >= 4 is 17.7 Å². The van der Waals surface area contributed by atoms with Gasteiger partial charge in [-0.05, 0) is 38.4 Å². The molecule has 1 saturated carbocycles. The number of hydrogen-bond donors (Lipinski definition) is 0. The molecule has 28 heavy (non-hydrogen) atoms. The molecule has 0 bridgehead atoms. The van der Waals surface area contributed by atoms with Crippen LogP contribution in [0, 0.1) is 5.82 Å². The van der Waals surface area contributed by atoms with Gasteiger partial charge in [0.05, 0.1) is 10.8 Å². The van der Waals surface area contributed by atoms with Crippen molar-refractivity contribution in [3.63, 3.8) is 0 Å². The molecule has 0 radical (unpaired) electrons. The number of rotatable bonds is 6. The SMILES string of the molecule is CCN1CCN(C(=O)[C@H](C)Sc2nnc(-c3ccccc3F)n2C2CC2)CC1. The molecular weight excluding hydrogens is 377 g/mol. The summed E-state index contributed by atoms with van der Waals surface area (Å²) in [5, 5.41) is 9.05. The molecule has 4 rings (SSSR count). The second kappa shape index (κ2) is 8.21. The van der Waals surface area contributed by atoms with Crippen LogP contribution in [0.2, 0.25) is 0 Å². The smallest absolute Gasteiger partial charge is 0.235 e. The number of amides is 1. The number of halogens is 1. The van der Waals surface area contributed by atoms with Crippen LogP contribution >= 0.6 is 11.8 Å². The highest BCUT2D eigenvalue weighted by atomic mass is 32.2. The summed E-state index contributed by atoms with van der Waals surface area (Å²) in [6.45, 7) is 8.49. The van der Waals surface area contributed by atoms with Crippen LogP contribution in [0.1, 0.15) is 32.7 Å². The van der Waals surface area contributed by atoms with Crippen molar-refractivity contribution < 1.29 is 9.18 Å². The monoisotopic (exact) mass is 403 g/mol. The van der Waals surface area contributed by atoms with E-state index in [-0.39, 0.29) is 17.0 Å². The Hall–Kier alpha value is -1.93. The molecule has 1 aliphatic carbocycles. The second-order valence-corrected chi connectivity index (χ2v) is 8.71. The number of carbonyl (C=O) groups excluding carboxylic acids is 1. The third kappa shape index (κ3) is 3.93. The molecule has 8 heteroatoms. The summed E-state index contributed by atoms with van der Waals surface area (Å²) in [7, 11) is 0. The minimum atomic E-state index is -0.300. The Morgan fingerprint density at radius 1 is 1.21 bits per heavy atom. The topological polar surface area (TPSA) is 54.3 Å². The molecule has 2 aliphatic rings. The van der Waals surface area contributed by atoms with E-state index in [1.165, 1.54) is 17.8 Å². The Balaban J connectivity index is 1.51. The molecule has 1 atom stereocenters. The van der Waals surface area contributed by atoms with E-state index in [1.54, 1.807) is 18.2 Å². The van der Waals surface area contributed by atoms with Crippen LogP contribution in [0.5, 0.6) is 0 Å². The molecule has 1 aliphatic heterocycles. The molecule has 1 aromatic carbocycles. The first-order valence-corrected chi connectivity index (χ1v) is 10.8. The van der Waals surface area contributed by atoms with E-state index in [0.717, 1.165) is 45.6 Å². The number of piperazine rings is 1. The number of thioether (sulfide) groups is 1. The standard InChI is InChI=1S/C20H26FN5OS/c1-3-24-10-12-25(13-11-24)19(27)14(2)28-20-23-22-18(26(20)15-8-9-15)16-6-4-5-7-17(16)21/h4-7,14-15H,3,8-13H2,1-2H3/t14-/m0/s1. The maximum Gasteiger partial charge on any atom is 0.235 e. The average Bonchev–Trinajstić information content (AvgIpc) is 3.48. The summed E-state index contributed by atoms with van der Waals surface area (Å²) < 4.78 is 16.3. The van der Waals surface area contributed by atoms with Gasteiger partial charge in [0.25, 0.3) is 0 Å². The molecule has 0 N–H and O–H groups in total. The highest BCUT2D eigenvalue weighted by Gasteiger charge is 2.33. The van der Waals surface area contributed by atoms with E-state index >= 15 is 0 Å². The summed E-state index contributed by atoms with van der Waals surface area (Å²) in [5.74, 6) is 0.393. The molecule has 1 amide bonds. The Labute approximate surface area is 169 Å². The lowest BCUT2D eigenvalue weighted by Gasteiger charge is -2.35. The zero-order valence-corrected chi connectivity index (χ0v) is 17.2. The molecule has 2 fully saturated rings. The Bertz CT molecular complexity index is 845. The number of hydrogen-bond acceptors (Lipinski definition) is 5. The van der Waals surface area contributed by atoms with Gasteiger partial charge in [0.15, 0.2) is 11.0 Å². The fourth-order valence-corrected chi connectivity index (χ4v) is 4.60. The van der Waals surface area contributed by atoms with E-state index in [4.69, 9.17) is 0 Å². The van der Waals surface area contributed by atoms with Crippen molar-refractivity contribution in [2.75, 3.05) is 32.7 Å². The van der Waals surface area contributed by atoms with Crippen LogP contribution in [0.15, 0.2) is 29.4 Å². The number of aromatic nitrogens is 3. The van der Waals surface area contributed by atoms with E-state index in [1.807, 2.05) is 16.4 Å². The van der Waals surface area contributed by atoms with Crippen LogP contribution in [0.3, 0.4) is 0 Å². The van der Waals surface area contributed by atoms with E-state index in [2.05, 4.69) is 22.0 Å². The van der Waals surface area contributed by atoms with Crippen molar-refractivity contribution in [2.45, 2.75) is 43.1 Å². The molecular formula is C20H26FN5OS. The lowest BCUT2D eigenvalue weighted by atomic mass is 10.2. The Kier molecular flexibility index (Phi) is 5.68. The first-order valence-electron chi connectivity index (χ1n) is 9.96. The van der Waals surface area contributed by atoms with Gasteiger partial charge in [-0.2, -0.15) is 0 Å². The average molecular weight is 404 g/mol. The lowest BCUT2D eigenvalue weighted by molar-refractivity contribution is -0.132. The van der Waals surface area contributed by atoms with E-state index in [9.17, 15) is 9.18 Å². The van der Waals surface area contributed by atoms with Crippen molar-refractivity contribution in [1.29, 1.82) is 0 Å². The van der Waals surface area contributed by atoms with Crippen LogP contribution < -0.4 is 0 Å². The number of carbonyl (C=O) groups is 1. The highest BCUT2D eigenvalue weighted by Crippen LogP contribution is 2.42. The van der Waals surface area contributed by atoms with Crippen molar-refractivity contribution in [1.82, 2.24) is 24.6 Å². The molecule has 0 unspecified atom stereocenters.